The minimum absolute atomic E-state index is 0.460. The number of aliphatic imine (C=N–C) groups is 1. The number of aromatic nitrogens is 1. The molecule has 0 unspecified atom stereocenters. The summed E-state index contributed by atoms with van der Waals surface area (Å²) < 4.78 is 0. The lowest BCUT2D eigenvalue weighted by Crippen LogP contribution is -2.16. The van der Waals surface area contributed by atoms with E-state index < -0.39 is 0 Å². The lowest BCUT2D eigenvalue weighted by molar-refractivity contribution is 0.580. The third kappa shape index (κ3) is 1.95. The fourth-order valence-electron chi connectivity index (χ4n) is 1.76. The second-order valence-corrected chi connectivity index (χ2v) is 4.67. The van der Waals surface area contributed by atoms with Crippen molar-refractivity contribution >= 4 is 22.7 Å². The first-order chi connectivity index (χ1) is 6.79. The molecule has 1 atom stereocenters. The Labute approximate surface area is 88.1 Å². The number of hydrogen-bond acceptors (Lipinski definition) is 4. The molecular formula is C10H15N3S. The summed E-state index contributed by atoms with van der Waals surface area (Å²) in [6.07, 6.45) is 6.22. The van der Waals surface area contributed by atoms with E-state index in [0.29, 0.717) is 11.2 Å². The van der Waals surface area contributed by atoms with Crippen LogP contribution < -0.4 is 5.73 Å². The van der Waals surface area contributed by atoms with Gasteiger partial charge in [-0.15, -0.1) is 11.3 Å². The van der Waals surface area contributed by atoms with Crippen molar-refractivity contribution in [2.75, 3.05) is 5.73 Å². The number of hydrogen-bond donors (Lipinski definition) is 1. The second kappa shape index (κ2) is 4.09. The first-order valence-electron chi connectivity index (χ1n) is 5.05. The van der Waals surface area contributed by atoms with Crippen LogP contribution in [0.2, 0.25) is 0 Å². The average Bonchev–Trinajstić information content (AvgIpc) is 2.54. The van der Waals surface area contributed by atoms with Crippen LogP contribution in [0.15, 0.2) is 4.99 Å². The summed E-state index contributed by atoms with van der Waals surface area (Å²) in [4.78, 5) is 10.2. The van der Waals surface area contributed by atoms with Crippen LogP contribution in [0, 0.1) is 0 Å². The Kier molecular flexibility index (Phi) is 2.82. The smallest absolute Gasteiger partial charge is 0.180 e. The minimum Gasteiger partial charge on any atom is -0.375 e. The molecule has 0 aliphatic heterocycles. The Morgan fingerprint density at radius 3 is 3.36 bits per heavy atom. The Bertz CT molecular complexity index is 343. The number of rotatable bonds is 2. The third-order valence-electron chi connectivity index (χ3n) is 2.43. The van der Waals surface area contributed by atoms with Crippen LogP contribution in [0.5, 0.6) is 0 Å². The van der Waals surface area contributed by atoms with Crippen molar-refractivity contribution in [1.82, 2.24) is 4.98 Å². The van der Waals surface area contributed by atoms with E-state index >= 15 is 0 Å². The molecule has 0 spiro atoms. The van der Waals surface area contributed by atoms with Crippen LogP contribution >= 0.6 is 11.3 Å². The monoisotopic (exact) mass is 209 g/mol. The molecule has 4 heteroatoms. The topological polar surface area (TPSA) is 51.3 Å². The molecule has 14 heavy (non-hydrogen) atoms. The molecule has 1 aromatic rings. The van der Waals surface area contributed by atoms with Crippen molar-refractivity contribution in [2.45, 2.75) is 38.6 Å². The highest BCUT2D eigenvalue weighted by Crippen LogP contribution is 2.29. The molecule has 1 aliphatic carbocycles. The van der Waals surface area contributed by atoms with E-state index in [2.05, 4.69) is 16.9 Å². The highest BCUT2D eigenvalue weighted by molar-refractivity contribution is 7.15. The quantitative estimate of drug-likeness (QED) is 0.758. The number of thiazole rings is 1. The maximum atomic E-state index is 5.67. The van der Waals surface area contributed by atoms with Crippen molar-refractivity contribution in [2.24, 2.45) is 4.99 Å². The fourth-order valence-corrected chi connectivity index (χ4v) is 2.71. The summed E-state index contributed by atoms with van der Waals surface area (Å²) >= 11 is 1.62. The van der Waals surface area contributed by atoms with Crippen molar-refractivity contribution in [1.29, 1.82) is 0 Å². The molecule has 1 aromatic heterocycles. The SMILES string of the molecule is CCC=N[C@H]1CCc2nc(N)sc2C1. The molecule has 0 bridgehead atoms. The van der Waals surface area contributed by atoms with Gasteiger partial charge in [0.25, 0.3) is 0 Å². The number of nitrogens with two attached hydrogens (primary N) is 1. The average molecular weight is 209 g/mol. The van der Waals surface area contributed by atoms with Crippen molar-refractivity contribution in [3.05, 3.63) is 10.6 Å². The van der Waals surface area contributed by atoms with E-state index in [4.69, 9.17) is 5.73 Å². The summed E-state index contributed by atoms with van der Waals surface area (Å²) in [5.74, 6) is 0. The molecule has 0 amide bonds. The van der Waals surface area contributed by atoms with E-state index in [0.717, 1.165) is 25.7 Å². The van der Waals surface area contributed by atoms with Gasteiger partial charge in [0.1, 0.15) is 0 Å². The van der Waals surface area contributed by atoms with Gasteiger partial charge in [-0.3, -0.25) is 4.99 Å². The maximum Gasteiger partial charge on any atom is 0.180 e. The Balaban J connectivity index is 2.09. The third-order valence-corrected chi connectivity index (χ3v) is 3.38. The van der Waals surface area contributed by atoms with Crippen molar-refractivity contribution in [3.8, 4) is 0 Å². The summed E-state index contributed by atoms with van der Waals surface area (Å²) in [6.45, 7) is 2.11. The van der Waals surface area contributed by atoms with Crippen LogP contribution in [0.4, 0.5) is 5.13 Å². The Morgan fingerprint density at radius 1 is 1.71 bits per heavy atom. The van der Waals surface area contributed by atoms with E-state index in [1.165, 1.54) is 10.6 Å². The Hall–Kier alpha value is -0.900. The molecule has 1 heterocycles. The summed E-state index contributed by atoms with van der Waals surface area (Å²) in [5.41, 5.74) is 6.88. The van der Waals surface area contributed by atoms with Crippen LogP contribution in [-0.2, 0) is 12.8 Å². The first-order valence-corrected chi connectivity index (χ1v) is 5.87. The zero-order chi connectivity index (χ0) is 9.97. The molecule has 2 rings (SSSR count). The summed E-state index contributed by atoms with van der Waals surface area (Å²) in [5, 5.41) is 0.704. The van der Waals surface area contributed by atoms with Crippen LogP contribution in [0.3, 0.4) is 0 Å². The van der Waals surface area contributed by atoms with Gasteiger partial charge in [0.2, 0.25) is 0 Å². The largest absolute Gasteiger partial charge is 0.375 e. The van der Waals surface area contributed by atoms with Gasteiger partial charge < -0.3 is 5.73 Å². The number of fused-ring (bicyclic) bond motifs is 1. The van der Waals surface area contributed by atoms with Crippen LogP contribution in [0.25, 0.3) is 0 Å². The molecule has 76 valence electrons. The molecule has 0 saturated heterocycles. The minimum atomic E-state index is 0.460. The number of nitrogen functional groups attached to an aromatic ring is 1. The van der Waals surface area contributed by atoms with Crippen LogP contribution in [-0.4, -0.2) is 17.2 Å². The van der Waals surface area contributed by atoms with Gasteiger partial charge >= 0.3 is 0 Å². The molecule has 3 nitrogen and oxygen atoms in total. The number of anilines is 1. The van der Waals surface area contributed by atoms with Gasteiger partial charge in [-0.1, -0.05) is 6.92 Å². The molecule has 0 fully saturated rings. The first kappa shape index (κ1) is 9.65. The molecule has 0 radical (unpaired) electrons. The van der Waals surface area contributed by atoms with Gasteiger partial charge in [-0.05, 0) is 25.5 Å². The highest BCUT2D eigenvalue weighted by atomic mass is 32.1. The standard InChI is InChI=1S/C10H15N3S/c1-2-5-12-7-3-4-8-9(6-7)14-10(11)13-8/h5,7H,2-4,6H2,1H3,(H2,11,13)/t7-/m0/s1. The molecule has 0 aromatic carbocycles. The molecule has 0 saturated carbocycles. The van der Waals surface area contributed by atoms with E-state index in [1.54, 1.807) is 11.3 Å². The van der Waals surface area contributed by atoms with E-state index in [9.17, 15) is 0 Å². The molecular weight excluding hydrogens is 194 g/mol. The molecule has 2 N–H and O–H groups in total. The van der Waals surface area contributed by atoms with Gasteiger partial charge in [-0.25, -0.2) is 4.98 Å². The maximum absolute atomic E-state index is 5.67. The zero-order valence-corrected chi connectivity index (χ0v) is 9.18. The van der Waals surface area contributed by atoms with Crippen molar-refractivity contribution < 1.29 is 0 Å². The lowest BCUT2D eigenvalue weighted by Gasteiger charge is -2.16. The fraction of sp³-hybridized carbons (Fsp3) is 0.600. The molecule has 1 aliphatic rings. The van der Waals surface area contributed by atoms with E-state index in [-0.39, 0.29) is 0 Å². The Morgan fingerprint density at radius 2 is 2.57 bits per heavy atom. The summed E-state index contributed by atoms with van der Waals surface area (Å²) in [6, 6.07) is 0.460. The lowest BCUT2D eigenvalue weighted by atomic mass is 9.98. The van der Waals surface area contributed by atoms with Gasteiger partial charge in [-0.2, -0.15) is 0 Å². The zero-order valence-electron chi connectivity index (χ0n) is 8.36. The van der Waals surface area contributed by atoms with Crippen LogP contribution in [0.1, 0.15) is 30.3 Å². The van der Waals surface area contributed by atoms with Gasteiger partial charge in [0, 0.05) is 11.3 Å². The summed E-state index contributed by atoms with van der Waals surface area (Å²) in [7, 11) is 0. The normalized spacial score (nSPS) is 21.4. The predicted octanol–water partition coefficient (Wildman–Crippen LogP) is 2.06. The number of nitrogens with zero attached hydrogens (tertiary/aromatic N) is 2. The van der Waals surface area contributed by atoms with Gasteiger partial charge in [0.15, 0.2) is 5.13 Å². The van der Waals surface area contributed by atoms with Crippen molar-refractivity contribution in [3.63, 3.8) is 0 Å². The van der Waals surface area contributed by atoms with Gasteiger partial charge in [0.05, 0.1) is 11.7 Å². The predicted molar refractivity (Wildman–Crippen MR) is 61.1 cm³/mol. The second-order valence-electron chi connectivity index (χ2n) is 3.56. The van der Waals surface area contributed by atoms with E-state index in [1.807, 2.05) is 6.21 Å². The highest BCUT2D eigenvalue weighted by Gasteiger charge is 2.20. The number of aryl methyl sites for hydroxylation is 1.